The summed E-state index contributed by atoms with van der Waals surface area (Å²) >= 11 is 0. The Balaban J connectivity index is 3.06. The highest BCUT2D eigenvalue weighted by molar-refractivity contribution is 5.57. The molecule has 0 radical (unpaired) electrons. The van der Waals surface area contributed by atoms with Gasteiger partial charge in [0.15, 0.2) is 0 Å². The third-order valence-electron chi connectivity index (χ3n) is 4.90. The lowest BCUT2D eigenvalue weighted by molar-refractivity contribution is 1.08. The molecule has 0 aliphatic carbocycles. The van der Waals surface area contributed by atoms with Gasteiger partial charge in [0.05, 0.1) is 0 Å². The van der Waals surface area contributed by atoms with Crippen molar-refractivity contribution in [2.24, 2.45) is 5.73 Å². The molecule has 31 heavy (non-hydrogen) atoms. The molecule has 0 heterocycles. The van der Waals surface area contributed by atoms with Crippen molar-refractivity contribution in [1.29, 1.82) is 0 Å². The van der Waals surface area contributed by atoms with Gasteiger partial charge in [-0.2, -0.15) is 0 Å². The molecule has 2 heteroatoms. The molecule has 1 rings (SSSR count). The fourth-order valence-electron chi connectivity index (χ4n) is 3.21. The summed E-state index contributed by atoms with van der Waals surface area (Å²) in [6, 6.07) is 8.60. The Morgan fingerprint density at radius 1 is 0.968 bits per heavy atom. The molecule has 0 aliphatic heterocycles. The molecule has 0 unspecified atom stereocenters. The van der Waals surface area contributed by atoms with Crippen LogP contribution in [-0.2, 0) is 6.42 Å². The van der Waals surface area contributed by atoms with Crippen molar-refractivity contribution in [1.82, 2.24) is 0 Å². The lowest BCUT2D eigenvalue weighted by atomic mass is 10.1. The second-order valence-electron chi connectivity index (χ2n) is 7.11. The lowest BCUT2D eigenvalue weighted by Gasteiger charge is -2.23. The fraction of sp³-hybridized carbons (Fsp3) is 0.241. The monoisotopic (exact) mass is 414 g/mol. The van der Waals surface area contributed by atoms with Gasteiger partial charge in [0.25, 0.3) is 0 Å². The highest BCUT2D eigenvalue weighted by Gasteiger charge is 2.08. The van der Waals surface area contributed by atoms with Crippen molar-refractivity contribution in [3.05, 3.63) is 126 Å². The highest BCUT2D eigenvalue weighted by atomic mass is 15.1. The smallest absolute Gasteiger partial charge is 0.0437 e. The Labute approximate surface area is 189 Å². The molecular formula is C29H38N2. The van der Waals surface area contributed by atoms with E-state index in [-0.39, 0.29) is 0 Å². The van der Waals surface area contributed by atoms with Crippen molar-refractivity contribution >= 4 is 5.69 Å². The number of hydrogen-bond donors (Lipinski definition) is 1. The van der Waals surface area contributed by atoms with Crippen molar-refractivity contribution in [2.45, 2.75) is 40.5 Å². The Morgan fingerprint density at radius 2 is 1.65 bits per heavy atom. The molecule has 164 valence electrons. The first-order valence-electron chi connectivity index (χ1n) is 10.9. The zero-order valence-corrected chi connectivity index (χ0v) is 19.8. The van der Waals surface area contributed by atoms with Crippen molar-refractivity contribution in [2.75, 3.05) is 11.9 Å². The van der Waals surface area contributed by atoms with E-state index in [0.717, 1.165) is 35.5 Å². The number of nitrogens with zero attached hydrogens (tertiary/aromatic N) is 1. The van der Waals surface area contributed by atoms with Crippen molar-refractivity contribution in [3.8, 4) is 0 Å². The number of nitrogens with two attached hydrogens (primary N) is 1. The van der Waals surface area contributed by atoms with Gasteiger partial charge < -0.3 is 10.6 Å². The summed E-state index contributed by atoms with van der Waals surface area (Å²) < 4.78 is 0. The number of benzene rings is 1. The van der Waals surface area contributed by atoms with Gasteiger partial charge >= 0.3 is 0 Å². The molecule has 0 amide bonds. The van der Waals surface area contributed by atoms with E-state index in [9.17, 15) is 0 Å². The fourth-order valence-corrected chi connectivity index (χ4v) is 3.21. The number of allylic oxidation sites excluding steroid dienone is 12. The summed E-state index contributed by atoms with van der Waals surface area (Å²) in [5.74, 6) is 0. The Hall–Kier alpha value is -3.26. The van der Waals surface area contributed by atoms with Crippen LogP contribution in [0.2, 0.25) is 0 Å². The molecule has 2 N–H and O–H groups in total. The maximum absolute atomic E-state index is 6.22. The summed E-state index contributed by atoms with van der Waals surface area (Å²) in [4.78, 5) is 2.18. The Kier molecular flexibility index (Phi) is 12.2. The van der Waals surface area contributed by atoms with Crippen LogP contribution < -0.4 is 10.6 Å². The van der Waals surface area contributed by atoms with Crippen LogP contribution in [-0.4, -0.2) is 7.05 Å². The van der Waals surface area contributed by atoms with Gasteiger partial charge in [-0.15, -0.1) is 0 Å². The second kappa shape index (κ2) is 14.7. The standard InChI is InChI=1S/C29H38N2/c1-7-12-13-14-17-26(16-9-3)29(11-5)31(6)27-21-18-24(19-22-27)20-23-28(30)25(10-4)15-8-2/h7-16,18-19,21-23H,5,17,20,30H2,1-4,6H3/b12-7-,14-13-,15-8-,16-9-,25-10+,28-23-,29-26-. The molecule has 1 aromatic rings. The number of hydrogen-bond acceptors (Lipinski definition) is 2. The second-order valence-corrected chi connectivity index (χ2v) is 7.11. The molecule has 0 bridgehead atoms. The maximum atomic E-state index is 6.22. The molecule has 0 saturated heterocycles. The van der Waals surface area contributed by atoms with E-state index in [1.165, 1.54) is 11.1 Å². The summed E-state index contributed by atoms with van der Waals surface area (Å²) in [5.41, 5.74) is 12.8. The molecule has 2 nitrogen and oxygen atoms in total. The van der Waals surface area contributed by atoms with Gasteiger partial charge in [0.2, 0.25) is 0 Å². The summed E-state index contributed by atoms with van der Waals surface area (Å²) in [5, 5.41) is 0. The minimum atomic E-state index is 0.800. The topological polar surface area (TPSA) is 29.3 Å². The minimum Gasteiger partial charge on any atom is -0.399 e. The van der Waals surface area contributed by atoms with Gasteiger partial charge in [-0.3, -0.25) is 0 Å². The van der Waals surface area contributed by atoms with E-state index >= 15 is 0 Å². The largest absolute Gasteiger partial charge is 0.399 e. The maximum Gasteiger partial charge on any atom is 0.0437 e. The normalized spacial score (nSPS) is 14.2. The van der Waals surface area contributed by atoms with E-state index in [0.29, 0.717) is 0 Å². The van der Waals surface area contributed by atoms with Crippen LogP contribution in [0.4, 0.5) is 5.69 Å². The van der Waals surface area contributed by atoms with Gasteiger partial charge in [0.1, 0.15) is 0 Å². The van der Waals surface area contributed by atoms with Crippen molar-refractivity contribution in [3.63, 3.8) is 0 Å². The van der Waals surface area contributed by atoms with Crippen LogP contribution in [0.3, 0.4) is 0 Å². The third-order valence-corrected chi connectivity index (χ3v) is 4.90. The Morgan fingerprint density at radius 3 is 2.19 bits per heavy atom. The summed E-state index contributed by atoms with van der Waals surface area (Å²) in [6.07, 6.45) is 24.3. The molecular weight excluding hydrogens is 376 g/mol. The molecule has 0 saturated carbocycles. The first-order chi connectivity index (χ1) is 15.0. The van der Waals surface area contributed by atoms with Crippen LogP contribution in [0.1, 0.15) is 39.7 Å². The van der Waals surface area contributed by atoms with Crippen LogP contribution >= 0.6 is 0 Å². The van der Waals surface area contributed by atoms with Crippen LogP contribution in [0.25, 0.3) is 0 Å². The number of anilines is 1. The van der Waals surface area contributed by atoms with Gasteiger partial charge in [-0.1, -0.05) is 79.5 Å². The van der Waals surface area contributed by atoms with E-state index in [2.05, 4.69) is 73.2 Å². The predicted molar refractivity (Wildman–Crippen MR) is 140 cm³/mol. The SMILES string of the molecule is C=C/C(=C(\C=C/C)C/C=C\C=C/C)N(C)c1ccc(C/C=C(N)/C(/C=C\C)=C/C)cc1. The third kappa shape index (κ3) is 8.55. The summed E-state index contributed by atoms with van der Waals surface area (Å²) in [7, 11) is 2.08. The average Bonchev–Trinajstić information content (AvgIpc) is 2.79. The first-order valence-corrected chi connectivity index (χ1v) is 10.9. The molecule has 0 aromatic heterocycles. The molecule has 1 aromatic carbocycles. The van der Waals surface area contributed by atoms with Crippen molar-refractivity contribution < 1.29 is 0 Å². The molecule has 0 fully saturated rings. The van der Waals surface area contributed by atoms with E-state index in [1.807, 2.05) is 64.2 Å². The number of likely N-dealkylation sites (N-methyl/N-ethyl adjacent to an activating group) is 1. The predicted octanol–water partition coefficient (Wildman–Crippen LogP) is 7.57. The quantitative estimate of drug-likeness (QED) is 0.378. The lowest BCUT2D eigenvalue weighted by Crippen LogP contribution is -2.16. The van der Waals surface area contributed by atoms with Crippen LogP contribution in [0.5, 0.6) is 0 Å². The van der Waals surface area contributed by atoms with Gasteiger partial charge in [-0.05, 0) is 75.5 Å². The zero-order valence-electron chi connectivity index (χ0n) is 19.8. The average molecular weight is 415 g/mol. The van der Waals surface area contributed by atoms with Gasteiger partial charge in [0, 0.05) is 24.1 Å². The minimum absolute atomic E-state index is 0.800. The first kappa shape index (κ1) is 25.8. The number of rotatable bonds is 11. The summed E-state index contributed by atoms with van der Waals surface area (Å²) in [6.45, 7) is 12.1. The van der Waals surface area contributed by atoms with Gasteiger partial charge in [-0.25, -0.2) is 0 Å². The van der Waals surface area contributed by atoms with Crippen LogP contribution in [0, 0.1) is 0 Å². The van der Waals surface area contributed by atoms with E-state index < -0.39 is 0 Å². The molecule has 0 spiro atoms. The molecule has 0 atom stereocenters. The molecule has 0 aliphatic rings. The highest BCUT2D eigenvalue weighted by Crippen LogP contribution is 2.24. The van der Waals surface area contributed by atoms with E-state index in [4.69, 9.17) is 5.73 Å². The zero-order chi connectivity index (χ0) is 23.1. The van der Waals surface area contributed by atoms with Crippen LogP contribution in [0.15, 0.2) is 120 Å². The Bertz CT molecular complexity index is 901. The van der Waals surface area contributed by atoms with E-state index in [1.54, 1.807) is 0 Å².